The number of hydrogen-bond donors (Lipinski definition) is 1. The highest BCUT2D eigenvalue weighted by atomic mass is 16.5. The highest BCUT2D eigenvalue weighted by Crippen LogP contribution is 2.19. The van der Waals surface area contributed by atoms with Crippen LogP contribution < -0.4 is 4.74 Å². The lowest BCUT2D eigenvalue weighted by atomic mass is 10.00. The van der Waals surface area contributed by atoms with E-state index in [1.165, 1.54) is 0 Å². The van der Waals surface area contributed by atoms with Gasteiger partial charge in [0.05, 0.1) is 13.0 Å². The van der Waals surface area contributed by atoms with Gasteiger partial charge in [0.2, 0.25) is 0 Å². The zero-order valence-electron chi connectivity index (χ0n) is 9.28. The molecule has 0 radical (unpaired) electrons. The molecule has 1 rings (SSSR count). The maximum absolute atomic E-state index is 10.7. The van der Waals surface area contributed by atoms with Crippen molar-refractivity contribution in [2.24, 2.45) is 5.92 Å². The summed E-state index contributed by atoms with van der Waals surface area (Å²) >= 11 is 0. The molecule has 0 aliphatic heterocycles. The number of hydrogen-bond acceptors (Lipinski definition) is 2. The van der Waals surface area contributed by atoms with Gasteiger partial charge in [-0.3, -0.25) is 4.79 Å². The number of aliphatic carboxylic acids is 1. The van der Waals surface area contributed by atoms with E-state index in [0.29, 0.717) is 6.42 Å². The molecule has 0 aromatic heterocycles. The third kappa shape index (κ3) is 3.27. The Bertz CT molecular complexity index is 358. The van der Waals surface area contributed by atoms with Crippen LogP contribution >= 0.6 is 0 Å². The maximum atomic E-state index is 10.7. The molecule has 1 unspecified atom stereocenters. The van der Waals surface area contributed by atoms with Crippen LogP contribution in [-0.2, 0) is 11.2 Å². The van der Waals surface area contributed by atoms with Crippen molar-refractivity contribution < 1.29 is 14.6 Å². The van der Waals surface area contributed by atoms with Crippen LogP contribution in [0.4, 0.5) is 0 Å². The van der Waals surface area contributed by atoms with Crippen molar-refractivity contribution in [3.8, 4) is 5.75 Å². The quantitative estimate of drug-likeness (QED) is 0.825. The molecule has 3 heteroatoms. The standard InChI is InChI=1S/C12H16O3/c1-8-4-10(6-9(2)12(13)14)7-11(5-8)15-3/h4-5,7,9H,6H2,1-3H3,(H,13,14). The Morgan fingerprint density at radius 2 is 2.13 bits per heavy atom. The van der Waals surface area contributed by atoms with Crippen LogP contribution in [0.3, 0.4) is 0 Å². The summed E-state index contributed by atoms with van der Waals surface area (Å²) in [4.78, 5) is 10.7. The lowest BCUT2D eigenvalue weighted by molar-refractivity contribution is -0.141. The van der Waals surface area contributed by atoms with Gasteiger partial charge in [0.25, 0.3) is 0 Å². The van der Waals surface area contributed by atoms with Crippen LogP contribution in [0.2, 0.25) is 0 Å². The molecule has 0 amide bonds. The molecule has 0 heterocycles. The predicted molar refractivity (Wildman–Crippen MR) is 58.2 cm³/mol. The first kappa shape index (κ1) is 11.6. The normalized spacial score (nSPS) is 12.2. The summed E-state index contributed by atoms with van der Waals surface area (Å²) in [7, 11) is 1.61. The fourth-order valence-corrected chi connectivity index (χ4v) is 1.50. The summed E-state index contributed by atoms with van der Waals surface area (Å²) in [5.41, 5.74) is 2.09. The number of ether oxygens (including phenoxy) is 1. The highest BCUT2D eigenvalue weighted by molar-refractivity contribution is 5.69. The Balaban J connectivity index is 2.85. The SMILES string of the molecule is COc1cc(C)cc(CC(C)C(=O)O)c1. The van der Waals surface area contributed by atoms with E-state index in [9.17, 15) is 4.79 Å². The van der Waals surface area contributed by atoms with E-state index < -0.39 is 5.97 Å². The average Bonchev–Trinajstić information content (AvgIpc) is 2.16. The second-order valence-corrected chi connectivity index (χ2v) is 3.80. The smallest absolute Gasteiger partial charge is 0.306 e. The van der Waals surface area contributed by atoms with Crippen molar-refractivity contribution in [1.29, 1.82) is 0 Å². The first-order valence-electron chi connectivity index (χ1n) is 4.90. The third-order valence-electron chi connectivity index (χ3n) is 2.31. The number of carboxylic acids is 1. The van der Waals surface area contributed by atoms with Crippen molar-refractivity contribution in [3.05, 3.63) is 29.3 Å². The van der Waals surface area contributed by atoms with Gasteiger partial charge in [-0.25, -0.2) is 0 Å². The van der Waals surface area contributed by atoms with E-state index in [1.807, 2.05) is 25.1 Å². The Labute approximate surface area is 89.7 Å². The molecule has 1 atom stereocenters. The van der Waals surface area contributed by atoms with Gasteiger partial charge in [0, 0.05) is 0 Å². The summed E-state index contributed by atoms with van der Waals surface area (Å²) in [5, 5.41) is 8.81. The summed E-state index contributed by atoms with van der Waals surface area (Å²) < 4.78 is 5.13. The predicted octanol–water partition coefficient (Wildman–Crippen LogP) is 2.27. The van der Waals surface area contributed by atoms with Gasteiger partial charge in [0.1, 0.15) is 5.75 Å². The molecule has 82 valence electrons. The monoisotopic (exact) mass is 208 g/mol. The topological polar surface area (TPSA) is 46.5 Å². The van der Waals surface area contributed by atoms with Gasteiger partial charge in [-0.15, -0.1) is 0 Å². The number of carboxylic acid groups (broad SMARTS) is 1. The van der Waals surface area contributed by atoms with Gasteiger partial charge in [-0.05, 0) is 36.6 Å². The van der Waals surface area contributed by atoms with Crippen molar-refractivity contribution in [3.63, 3.8) is 0 Å². The Hall–Kier alpha value is -1.51. The fraction of sp³-hybridized carbons (Fsp3) is 0.417. The van der Waals surface area contributed by atoms with Crippen molar-refractivity contribution in [1.82, 2.24) is 0 Å². The van der Waals surface area contributed by atoms with Gasteiger partial charge >= 0.3 is 5.97 Å². The minimum absolute atomic E-state index is 0.364. The number of rotatable bonds is 4. The third-order valence-corrected chi connectivity index (χ3v) is 2.31. The summed E-state index contributed by atoms with van der Waals surface area (Å²) in [5.74, 6) is -0.352. The summed E-state index contributed by atoms with van der Waals surface area (Å²) in [6.45, 7) is 3.68. The number of carbonyl (C=O) groups is 1. The van der Waals surface area contributed by atoms with E-state index in [1.54, 1.807) is 14.0 Å². The first-order valence-corrected chi connectivity index (χ1v) is 4.90. The fourth-order valence-electron chi connectivity index (χ4n) is 1.50. The lowest BCUT2D eigenvalue weighted by Crippen LogP contribution is -2.12. The molecular formula is C12H16O3. The Morgan fingerprint density at radius 3 is 2.67 bits per heavy atom. The van der Waals surface area contributed by atoms with E-state index in [2.05, 4.69) is 0 Å². The molecule has 0 saturated carbocycles. The largest absolute Gasteiger partial charge is 0.497 e. The van der Waals surface area contributed by atoms with E-state index in [4.69, 9.17) is 9.84 Å². The van der Waals surface area contributed by atoms with Crippen LogP contribution in [0.25, 0.3) is 0 Å². The number of aryl methyl sites for hydroxylation is 1. The Morgan fingerprint density at radius 1 is 1.47 bits per heavy atom. The van der Waals surface area contributed by atoms with Gasteiger partial charge < -0.3 is 9.84 Å². The maximum Gasteiger partial charge on any atom is 0.306 e. The van der Waals surface area contributed by atoms with Gasteiger partial charge in [-0.1, -0.05) is 13.0 Å². The lowest BCUT2D eigenvalue weighted by Gasteiger charge is -2.09. The molecule has 0 aliphatic carbocycles. The Kier molecular flexibility index (Phi) is 3.72. The molecule has 0 bridgehead atoms. The van der Waals surface area contributed by atoms with Crippen molar-refractivity contribution in [2.45, 2.75) is 20.3 Å². The minimum atomic E-state index is -0.768. The van der Waals surface area contributed by atoms with E-state index in [-0.39, 0.29) is 5.92 Å². The van der Waals surface area contributed by atoms with Gasteiger partial charge in [-0.2, -0.15) is 0 Å². The molecule has 1 aromatic rings. The molecule has 0 spiro atoms. The summed E-state index contributed by atoms with van der Waals surface area (Å²) in [6, 6.07) is 5.79. The van der Waals surface area contributed by atoms with Gasteiger partial charge in [0.15, 0.2) is 0 Å². The molecule has 1 N–H and O–H groups in total. The van der Waals surface area contributed by atoms with Crippen molar-refractivity contribution in [2.75, 3.05) is 7.11 Å². The zero-order chi connectivity index (χ0) is 11.4. The first-order chi connectivity index (χ1) is 7.02. The van der Waals surface area contributed by atoms with E-state index in [0.717, 1.165) is 16.9 Å². The molecule has 0 fully saturated rings. The van der Waals surface area contributed by atoms with Crippen LogP contribution in [0.5, 0.6) is 5.75 Å². The summed E-state index contributed by atoms with van der Waals surface area (Å²) in [6.07, 6.45) is 0.535. The molecular weight excluding hydrogens is 192 g/mol. The average molecular weight is 208 g/mol. The van der Waals surface area contributed by atoms with E-state index >= 15 is 0 Å². The second-order valence-electron chi connectivity index (χ2n) is 3.80. The zero-order valence-corrected chi connectivity index (χ0v) is 9.28. The molecule has 1 aromatic carbocycles. The second kappa shape index (κ2) is 4.82. The highest BCUT2D eigenvalue weighted by Gasteiger charge is 2.12. The van der Waals surface area contributed by atoms with Crippen LogP contribution in [0.15, 0.2) is 18.2 Å². The molecule has 3 nitrogen and oxygen atoms in total. The number of benzene rings is 1. The van der Waals surface area contributed by atoms with Crippen LogP contribution in [0.1, 0.15) is 18.1 Å². The number of methoxy groups -OCH3 is 1. The van der Waals surface area contributed by atoms with Crippen LogP contribution in [-0.4, -0.2) is 18.2 Å². The van der Waals surface area contributed by atoms with Crippen LogP contribution in [0, 0.1) is 12.8 Å². The minimum Gasteiger partial charge on any atom is -0.497 e. The molecule has 0 aliphatic rings. The van der Waals surface area contributed by atoms with Crippen molar-refractivity contribution >= 4 is 5.97 Å². The molecule has 0 saturated heterocycles. The molecule has 15 heavy (non-hydrogen) atoms.